The van der Waals surface area contributed by atoms with Crippen molar-refractivity contribution >= 4 is 5.69 Å². The van der Waals surface area contributed by atoms with Crippen molar-refractivity contribution in [2.45, 2.75) is 18.9 Å². The van der Waals surface area contributed by atoms with Crippen LogP contribution in [0.1, 0.15) is 12.8 Å². The van der Waals surface area contributed by atoms with E-state index in [1.165, 1.54) is 39.0 Å². The normalized spacial score (nSPS) is 24.3. The van der Waals surface area contributed by atoms with Gasteiger partial charge in [0.1, 0.15) is 12.4 Å². The van der Waals surface area contributed by atoms with Crippen LogP contribution in [0.4, 0.5) is 5.69 Å². The van der Waals surface area contributed by atoms with Crippen LogP contribution >= 0.6 is 0 Å². The summed E-state index contributed by atoms with van der Waals surface area (Å²) in [5.74, 6) is 0.875. The van der Waals surface area contributed by atoms with Gasteiger partial charge in [-0.2, -0.15) is 0 Å². The Morgan fingerprint density at radius 2 is 2.21 bits per heavy atom. The molecule has 104 valence electrons. The Hall–Kier alpha value is -1.26. The van der Waals surface area contributed by atoms with Crippen molar-refractivity contribution in [2.24, 2.45) is 0 Å². The minimum absolute atomic E-state index is 0.746. The van der Waals surface area contributed by atoms with Crippen molar-refractivity contribution in [1.82, 2.24) is 9.80 Å². The molecule has 2 fully saturated rings. The maximum atomic E-state index is 5.77. The van der Waals surface area contributed by atoms with Gasteiger partial charge in [-0.15, -0.1) is 0 Å². The molecule has 0 radical (unpaired) electrons. The maximum absolute atomic E-state index is 5.77. The highest BCUT2D eigenvalue weighted by Gasteiger charge is 2.30. The van der Waals surface area contributed by atoms with Crippen LogP contribution in [0, 0.1) is 0 Å². The molecule has 0 aromatic heterocycles. The van der Waals surface area contributed by atoms with Gasteiger partial charge < -0.3 is 10.5 Å². The van der Waals surface area contributed by atoms with Crippen molar-refractivity contribution in [1.29, 1.82) is 0 Å². The first-order valence-corrected chi connectivity index (χ1v) is 7.26. The van der Waals surface area contributed by atoms with Gasteiger partial charge in [0.2, 0.25) is 0 Å². The molecule has 4 heteroatoms. The zero-order valence-corrected chi connectivity index (χ0v) is 11.4. The average molecular weight is 261 g/mol. The number of hydrogen-bond donors (Lipinski definition) is 1. The SMILES string of the molecule is Nc1cccc(OCCN2CCN3CCCC3C2)c1. The Morgan fingerprint density at radius 1 is 1.26 bits per heavy atom. The summed E-state index contributed by atoms with van der Waals surface area (Å²) in [5, 5.41) is 0. The monoisotopic (exact) mass is 261 g/mol. The number of nitrogens with two attached hydrogens (primary N) is 1. The summed E-state index contributed by atoms with van der Waals surface area (Å²) in [4.78, 5) is 5.16. The molecule has 2 aliphatic rings. The van der Waals surface area contributed by atoms with Gasteiger partial charge in [0.15, 0.2) is 0 Å². The number of ether oxygens (including phenoxy) is 1. The fraction of sp³-hybridized carbons (Fsp3) is 0.600. The van der Waals surface area contributed by atoms with E-state index in [4.69, 9.17) is 10.5 Å². The molecule has 2 N–H and O–H groups in total. The number of rotatable bonds is 4. The Kier molecular flexibility index (Phi) is 3.89. The van der Waals surface area contributed by atoms with Crippen LogP contribution in [0.15, 0.2) is 24.3 Å². The smallest absolute Gasteiger partial charge is 0.121 e. The predicted molar refractivity (Wildman–Crippen MR) is 77.4 cm³/mol. The van der Waals surface area contributed by atoms with Gasteiger partial charge in [-0.25, -0.2) is 0 Å². The highest BCUT2D eigenvalue weighted by molar-refractivity contribution is 5.43. The molecule has 0 bridgehead atoms. The van der Waals surface area contributed by atoms with Crippen LogP contribution < -0.4 is 10.5 Å². The summed E-state index contributed by atoms with van der Waals surface area (Å²) in [6.07, 6.45) is 2.74. The van der Waals surface area contributed by atoms with E-state index in [1.807, 2.05) is 24.3 Å². The standard InChI is InChI=1S/C15H23N3O/c16-13-3-1-5-15(11-13)19-10-9-17-7-8-18-6-2-4-14(18)12-17/h1,3,5,11,14H,2,4,6-10,12,16H2. The zero-order valence-electron chi connectivity index (χ0n) is 11.4. The van der Waals surface area contributed by atoms with Gasteiger partial charge in [0.05, 0.1) is 0 Å². The van der Waals surface area contributed by atoms with Gasteiger partial charge in [0, 0.05) is 44.0 Å². The lowest BCUT2D eigenvalue weighted by Gasteiger charge is -2.37. The Labute approximate surface area is 115 Å². The molecule has 19 heavy (non-hydrogen) atoms. The molecule has 4 nitrogen and oxygen atoms in total. The number of nitrogen functional groups attached to an aromatic ring is 1. The van der Waals surface area contributed by atoms with E-state index in [9.17, 15) is 0 Å². The van der Waals surface area contributed by atoms with E-state index in [2.05, 4.69) is 9.80 Å². The van der Waals surface area contributed by atoms with E-state index in [1.54, 1.807) is 0 Å². The average Bonchev–Trinajstić information content (AvgIpc) is 2.86. The molecular formula is C15H23N3O. The van der Waals surface area contributed by atoms with Crippen LogP contribution in [-0.4, -0.2) is 55.2 Å². The van der Waals surface area contributed by atoms with Gasteiger partial charge in [-0.05, 0) is 31.5 Å². The first-order chi connectivity index (χ1) is 9.31. The number of anilines is 1. The third-order valence-corrected chi connectivity index (χ3v) is 4.21. The maximum Gasteiger partial charge on any atom is 0.121 e. The minimum Gasteiger partial charge on any atom is -0.492 e. The van der Waals surface area contributed by atoms with Gasteiger partial charge in [-0.1, -0.05) is 6.07 Å². The third-order valence-electron chi connectivity index (χ3n) is 4.21. The van der Waals surface area contributed by atoms with Crippen LogP contribution in [-0.2, 0) is 0 Å². The molecule has 1 aromatic rings. The lowest BCUT2D eigenvalue weighted by molar-refractivity contribution is 0.0923. The number of fused-ring (bicyclic) bond motifs is 1. The quantitative estimate of drug-likeness (QED) is 0.833. The van der Waals surface area contributed by atoms with Gasteiger partial charge >= 0.3 is 0 Å². The summed E-state index contributed by atoms with van der Waals surface area (Å²) in [5.41, 5.74) is 6.50. The lowest BCUT2D eigenvalue weighted by atomic mass is 10.1. The zero-order chi connectivity index (χ0) is 13.1. The topological polar surface area (TPSA) is 41.7 Å². The van der Waals surface area contributed by atoms with Crippen LogP contribution in [0.3, 0.4) is 0 Å². The van der Waals surface area contributed by atoms with Crippen LogP contribution in [0.2, 0.25) is 0 Å². The van der Waals surface area contributed by atoms with Crippen LogP contribution in [0.25, 0.3) is 0 Å². The second-order valence-corrected chi connectivity index (χ2v) is 5.55. The lowest BCUT2D eigenvalue weighted by Crippen LogP contribution is -2.50. The van der Waals surface area contributed by atoms with E-state index in [0.717, 1.165) is 30.6 Å². The molecule has 3 rings (SSSR count). The molecule has 2 heterocycles. The number of benzene rings is 1. The first kappa shape index (κ1) is 12.8. The highest BCUT2D eigenvalue weighted by Crippen LogP contribution is 2.21. The van der Waals surface area contributed by atoms with Crippen molar-refractivity contribution < 1.29 is 4.74 Å². The Morgan fingerprint density at radius 3 is 3.11 bits per heavy atom. The molecule has 2 aliphatic heterocycles. The second kappa shape index (κ2) is 5.80. The molecule has 1 unspecified atom stereocenters. The number of piperazine rings is 1. The summed E-state index contributed by atoms with van der Waals surface area (Å²) < 4.78 is 5.77. The van der Waals surface area contributed by atoms with E-state index < -0.39 is 0 Å². The predicted octanol–water partition coefficient (Wildman–Crippen LogP) is 1.43. The molecular weight excluding hydrogens is 238 g/mol. The highest BCUT2D eigenvalue weighted by atomic mass is 16.5. The van der Waals surface area contributed by atoms with Crippen molar-refractivity contribution in [3.8, 4) is 5.75 Å². The molecule has 0 aliphatic carbocycles. The molecule has 2 saturated heterocycles. The van der Waals surface area contributed by atoms with E-state index in [0.29, 0.717) is 0 Å². The summed E-state index contributed by atoms with van der Waals surface area (Å²) in [7, 11) is 0. The summed E-state index contributed by atoms with van der Waals surface area (Å²) in [6, 6.07) is 8.45. The van der Waals surface area contributed by atoms with Gasteiger partial charge in [0.25, 0.3) is 0 Å². The third kappa shape index (κ3) is 3.19. The molecule has 1 atom stereocenters. The van der Waals surface area contributed by atoms with Crippen molar-refractivity contribution in [3.63, 3.8) is 0 Å². The van der Waals surface area contributed by atoms with Crippen molar-refractivity contribution in [3.05, 3.63) is 24.3 Å². The molecule has 0 amide bonds. The summed E-state index contributed by atoms with van der Waals surface area (Å²) in [6.45, 7) is 6.67. The number of nitrogens with zero attached hydrogens (tertiary/aromatic N) is 2. The summed E-state index contributed by atoms with van der Waals surface area (Å²) >= 11 is 0. The molecule has 1 aromatic carbocycles. The fourth-order valence-corrected chi connectivity index (χ4v) is 3.16. The van der Waals surface area contributed by atoms with E-state index >= 15 is 0 Å². The number of hydrogen-bond acceptors (Lipinski definition) is 4. The van der Waals surface area contributed by atoms with E-state index in [-0.39, 0.29) is 0 Å². The first-order valence-electron chi connectivity index (χ1n) is 7.26. The Balaban J connectivity index is 1.43. The Bertz CT molecular complexity index is 424. The van der Waals surface area contributed by atoms with Crippen LogP contribution in [0.5, 0.6) is 5.75 Å². The molecule has 0 spiro atoms. The van der Waals surface area contributed by atoms with Gasteiger partial charge in [-0.3, -0.25) is 9.80 Å². The largest absolute Gasteiger partial charge is 0.492 e. The fourth-order valence-electron chi connectivity index (χ4n) is 3.16. The minimum atomic E-state index is 0.746. The molecule has 0 saturated carbocycles. The second-order valence-electron chi connectivity index (χ2n) is 5.55. The van der Waals surface area contributed by atoms with Crippen molar-refractivity contribution in [2.75, 3.05) is 45.1 Å².